The first-order valence-electron chi connectivity index (χ1n) is 7.00. The van der Waals surface area contributed by atoms with Crippen LogP contribution in [0.1, 0.15) is 16.1 Å². The molecule has 5 nitrogen and oxygen atoms in total. The number of hydrogen-bond donors (Lipinski definition) is 1. The van der Waals surface area contributed by atoms with Gasteiger partial charge in [-0.25, -0.2) is 4.98 Å². The van der Waals surface area contributed by atoms with E-state index < -0.39 is 0 Å². The zero-order chi connectivity index (χ0) is 15.9. The number of carbonyl (C=O) groups is 1. The van der Waals surface area contributed by atoms with Gasteiger partial charge in [0.05, 0.1) is 31.8 Å². The maximum Gasteiger partial charge on any atom is 0.224 e. The predicted octanol–water partition coefficient (Wildman–Crippen LogP) is 2.37. The SMILES string of the molecule is COc1ccc(CC(=O)NCCc2scnc2C)cc1OC. The quantitative estimate of drug-likeness (QED) is 0.851. The van der Waals surface area contributed by atoms with E-state index in [1.54, 1.807) is 25.6 Å². The van der Waals surface area contributed by atoms with Gasteiger partial charge in [0.25, 0.3) is 0 Å². The Labute approximate surface area is 134 Å². The molecule has 2 rings (SSSR count). The van der Waals surface area contributed by atoms with Crippen LogP contribution in [0.15, 0.2) is 23.7 Å². The molecule has 118 valence electrons. The van der Waals surface area contributed by atoms with Crippen LogP contribution in [0.5, 0.6) is 11.5 Å². The van der Waals surface area contributed by atoms with Gasteiger partial charge in [0.1, 0.15) is 0 Å². The van der Waals surface area contributed by atoms with Gasteiger partial charge < -0.3 is 14.8 Å². The maximum atomic E-state index is 12.0. The van der Waals surface area contributed by atoms with Gasteiger partial charge >= 0.3 is 0 Å². The summed E-state index contributed by atoms with van der Waals surface area (Å²) in [6, 6.07) is 5.50. The normalized spacial score (nSPS) is 10.3. The highest BCUT2D eigenvalue weighted by Crippen LogP contribution is 2.27. The van der Waals surface area contributed by atoms with E-state index in [0.717, 1.165) is 17.7 Å². The first-order valence-corrected chi connectivity index (χ1v) is 7.88. The highest BCUT2D eigenvalue weighted by atomic mass is 32.1. The summed E-state index contributed by atoms with van der Waals surface area (Å²) >= 11 is 1.62. The van der Waals surface area contributed by atoms with Crippen LogP contribution < -0.4 is 14.8 Å². The largest absolute Gasteiger partial charge is 0.493 e. The van der Waals surface area contributed by atoms with Gasteiger partial charge in [-0.2, -0.15) is 0 Å². The number of ether oxygens (including phenoxy) is 2. The van der Waals surface area contributed by atoms with Crippen molar-refractivity contribution < 1.29 is 14.3 Å². The Morgan fingerprint density at radius 1 is 1.27 bits per heavy atom. The molecule has 6 heteroatoms. The van der Waals surface area contributed by atoms with Crippen molar-refractivity contribution in [1.82, 2.24) is 10.3 Å². The fourth-order valence-corrected chi connectivity index (χ4v) is 2.90. The van der Waals surface area contributed by atoms with Crippen LogP contribution in [0.2, 0.25) is 0 Å². The van der Waals surface area contributed by atoms with Crippen LogP contribution in [-0.2, 0) is 17.6 Å². The summed E-state index contributed by atoms with van der Waals surface area (Å²) in [5.74, 6) is 1.29. The topological polar surface area (TPSA) is 60.5 Å². The monoisotopic (exact) mass is 320 g/mol. The van der Waals surface area contributed by atoms with Gasteiger partial charge in [-0.15, -0.1) is 11.3 Å². The molecular weight excluding hydrogens is 300 g/mol. The van der Waals surface area contributed by atoms with Crippen molar-refractivity contribution >= 4 is 17.2 Å². The van der Waals surface area contributed by atoms with Crippen LogP contribution in [-0.4, -0.2) is 31.7 Å². The van der Waals surface area contributed by atoms with Crippen LogP contribution in [0.25, 0.3) is 0 Å². The average Bonchev–Trinajstić information content (AvgIpc) is 2.92. The van der Waals surface area contributed by atoms with Crippen molar-refractivity contribution in [3.63, 3.8) is 0 Å². The lowest BCUT2D eigenvalue weighted by Gasteiger charge is -2.10. The number of methoxy groups -OCH3 is 2. The molecule has 1 N–H and O–H groups in total. The molecule has 0 saturated carbocycles. The summed E-state index contributed by atoms with van der Waals surface area (Å²) in [5.41, 5.74) is 3.76. The van der Waals surface area contributed by atoms with E-state index in [4.69, 9.17) is 9.47 Å². The molecule has 0 fully saturated rings. The molecule has 22 heavy (non-hydrogen) atoms. The van der Waals surface area contributed by atoms with E-state index in [-0.39, 0.29) is 5.91 Å². The van der Waals surface area contributed by atoms with E-state index in [9.17, 15) is 4.79 Å². The molecule has 2 aromatic rings. The van der Waals surface area contributed by atoms with E-state index in [0.29, 0.717) is 24.5 Å². The molecule has 1 aromatic heterocycles. The van der Waals surface area contributed by atoms with E-state index in [1.165, 1.54) is 4.88 Å². The summed E-state index contributed by atoms with van der Waals surface area (Å²) < 4.78 is 10.4. The number of benzene rings is 1. The Morgan fingerprint density at radius 2 is 2.05 bits per heavy atom. The Hall–Kier alpha value is -2.08. The highest BCUT2D eigenvalue weighted by molar-refractivity contribution is 7.09. The summed E-state index contributed by atoms with van der Waals surface area (Å²) in [5, 5.41) is 2.93. The summed E-state index contributed by atoms with van der Waals surface area (Å²) in [6.07, 6.45) is 1.14. The molecule has 1 heterocycles. The van der Waals surface area contributed by atoms with Crippen LogP contribution in [0, 0.1) is 6.92 Å². The fraction of sp³-hybridized carbons (Fsp3) is 0.375. The molecule has 0 saturated heterocycles. The number of hydrogen-bond acceptors (Lipinski definition) is 5. The number of aryl methyl sites for hydroxylation is 1. The molecule has 0 radical (unpaired) electrons. The van der Waals surface area contributed by atoms with Crippen molar-refractivity contribution in [2.24, 2.45) is 0 Å². The van der Waals surface area contributed by atoms with Crippen LogP contribution in [0.3, 0.4) is 0 Å². The molecule has 0 aliphatic heterocycles. The number of thiazole rings is 1. The van der Waals surface area contributed by atoms with Gasteiger partial charge in [0.15, 0.2) is 11.5 Å². The Bertz CT molecular complexity index is 640. The zero-order valence-corrected chi connectivity index (χ0v) is 13.8. The smallest absolute Gasteiger partial charge is 0.224 e. The number of aromatic nitrogens is 1. The second kappa shape index (κ2) is 7.79. The molecule has 0 unspecified atom stereocenters. The first kappa shape index (κ1) is 16.3. The maximum absolute atomic E-state index is 12.0. The number of nitrogens with zero attached hydrogens (tertiary/aromatic N) is 1. The second-order valence-corrected chi connectivity index (χ2v) is 5.77. The van der Waals surface area contributed by atoms with Crippen molar-refractivity contribution in [3.8, 4) is 11.5 Å². The average molecular weight is 320 g/mol. The molecule has 1 aromatic carbocycles. The number of nitrogens with one attached hydrogen (secondary N) is 1. The third-order valence-electron chi connectivity index (χ3n) is 3.33. The number of carbonyl (C=O) groups excluding carboxylic acids is 1. The molecule has 0 aliphatic rings. The lowest BCUT2D eigenvalue weighted by Crippen LogP contribution is -2.27. The van der Waals surface area contributed by atoms with Gasteiger partial charge in [-0.05, 0) is 24.6 Å². The van der Waals surface area contributed by atoms with Crippen molar-refractivity contribution in [1.29, 1.82) is 0 Å². The fourth-order valence-electron chi connectivity index (χ4n) is 2.12. The minimum Gasteiger partial charge on any atom is -0.493 e. The van der Waals surface area contributed by atoms with Crippen LogP contribution in [0.4, 0.5) is 0 Å². The Kier molecular flexibility index (Phi) is 5.77. The first-order chi connectivity index (χ1) is 10.6. The Balaban J connectivity index is 1.85. The molecule has 0 atom stereocenters. The predicted molar refractivity (Wildman–Crippen MR) is 86.8 cm³/mol. The van der Waals surface area contributed by atoms with Gasteiger partial charge in [0.2, 0.25) is 5.91 Å². The standard InChI is InChI=1S/C16H20N2O3S/c1-11-15(22-10-18-11)6-7-17-16(19)9-12-4-5-13(20-2)14(8-12)21-3/h4-5,8,10H,6-7,9H2,1-3H3,(H,17,19). The van der Waals surface area contributed by atoms with E-state index >= 15 is 0 Å². The molecule has 0 spiro atoms. The zero-order valence-electron chi connectivity index (χ0n) is 13.0. The van der Waals surface area contributed by atoms with Gasteiger partial charge in [-0.3, -0.25) is 4.79 Å². The Morgan fingerprint density at radius 3 is 2.68 bits per heavy atom. The van der Waals surface area contributed by atoms with Gasteiger partial charge in [-0.1, -0.05) is 6.07 Å². The minimum atomic E-state index is -0.00520. The van der Waals surface area contributed by atoms with Crippen molar-refractivity contribution in [2.45, 2.75) is 19.8 Å². The minimum absolute atomic E-state index is 0.00520. The summed E-state index contributed by atoms with van der Waals surface area (Å²) in [4.78, 5) is 17.4. The number of rotatable bonds is 7. The van der Waals surface area contributed by atoms with Crippen molar-refractivity contribution in [2.75, 3.05) is 20.8 Å². The molecule has 0 bridgehead atoms. The summed E-state index contributed by atoms with van der Waals surface area (Å²) in [6.45, 7) is 2.60. The number of amides is 1. The second-order valence-electron chi connectivity index (χ2n) is 4.83. The molecular formula is C16H20N2O3S. The van der Waals surface area contributed by atoms with E-state index in [1.807, 2.05) is 30.6 Å². The van der Waals surface area contributed by atoms with E-state index in [2.05, 4.69) is 10.3 Å². The molecule has 1 amide bonds. The highest BCUT2D eigenvalue weighted by Gasteiger charge is 2.08. The lowest BCUT2D eigenvalue weighted by atomic mass is 10.1. The van der Waals surface area contributed by atoms with Crippen molar-refractivity contribution in [3.05, 3.63) is 39.8 Å². The third-order valence-corrected chi connectivity index (χ3v) is 4.33. The third kappa shape index (κ3) is 4.21. The lowest BCUT2D eigenvalue weighted by molar-refractivity contribution is -0.120. The van der Waals surface area contributed by atoms with Crippen LogP contribution >= 0.6 is 11.3 Å². The summed E-state index contributed by atoms with van der Waals surface area (Å²) in [7, 11) is 3.17. The molecule has 0 aliphatic carbocycles. The van der Waals surface area contributed by atoms with Gasteiger partial charge in [0, 0.05) is 17.8 Å².